The number of hydrogen-bond acceptors (Lipinski definition) is 2. The Hall–Kier alpha value is -1.35. The smallest absolute Gasteiger partial charge is 0.304 e. The number of nitrogens with zero attached hydrogens (tertiary/aromatic N) is 1. The lowest BCUT2D eigenvalue weighted by molar-refractivity contribution is -0.137. The standard InChI is InChI=1S/C15H21NO2/c17-15(18)10-12-16-11-6-2-5-9-14(16)13-7-3-1-4-8-13/h1,3-4,7-8,14H,2,5-6,9-12H2,(H,17,18). The summed E-state index contributed by atoms with van der Waals surface area (Å²) in [5.41, 5.74) is 1.32. The Balaban J connectivity index is 2.09. The second-order valence-corrected chi connectivity index (χ2v) is 4.96. The molecular weight excluding hydrogens is 226 g/mol. The number of aliphatic carboxylic acids is 1. The molecule has 1 aromatic carbocycles. The summed E-state index contributed by atoms with van der Waals surface area (Å²) in [7, 11) is 0. The molecule has 0 radical (unpaired) electrons. The number of likely N-dealkylation sites (tertiary alicyclic amines) is 1. The Morgan fingerprint density at radius 2 is 2.00 bits per heavy atom. The van der Waals surface area contributed by atoms with Crippen LogP contribution in [-0.4, -0.2) is 29.1 Å². The van der Waals surface area contributed by atoms with Gasteiger partial charge >= 0.3 is 5.97 Å². The van der Waals surface area contributed by atoms with Crippen LogP contribution in [0.3, 0.4) is 0 Å². The maximum atomic E-state index is 10.7. The van der Waals surface area contributed by atoms with Crippen LogP contribution in [0.15, 0.2) is 30.3 Å². The highest BCUT2D eigenvalue weighted by Crippen LogP contribution is 2.29. The number of carbonyl (C=O) groups is 1. The molecule has 1 atom stereocenters. The van der Waals surface area contributed by atoms with E-state index in [0.29, 0.717) is 12.6 Å². The molecule has 1 aromatic rings. The summed E-state index contributed by atoms with van der Waals surface area (Å²) in [5, 5.41) is 8.84. The minimum atomic E-state index is -0.703. The van der Waals surface area contributed by atoms with Gasteiger partial charge in [0.15, 0.2) is 0 Å². The molecule has 1 unspecified atom stereocenters. The van der Waals surface area contributed by atoms with Crippen molar-refractivity contribution in [2.75, 3.05) is 13.1 Å². The Kier molecular flexibility index (Phi) is 4.76. The van der Waals surface area contributed by atoms with E-state index < -0.39 is 5.97 Å². The van der Waals surface area contributed by atoms with Gasteiger partial charge in [-0.05, 0) is 24.9 Å². The van der Waals surface area contributed by atoms with Crippen molar-refractivity contribution in [2.45, 2.75) is 38.1 Å². The molecule has 2 rings (SSSR count). The van der Waals surface area contributed by atoms with Crippen molar-refractivity contribution in [2.24, 2.45) is 0 Å². The van der Waals surface area contributed by atoms with E-state index in [2.05, 4.69) is 29.2 Å². The minimum Gasteiger partial charge on any atom is -0.481 e. The number of benzene rings is 1. The van der Waals surface area contributed by atoms with Gasteiger partial charge in [-0.3, -0.25) is 9.69 Å². The van der Waals surface area contributed by atoms with Gasteiger partial charge in [-0.25, -0.2) is 0 Å². The van der Waals surface area contributed by atoms with Crippen molar-refractivity contribution in [3.63, 3.8) is 0 Å². The Bertz CT molecular complexity index is 377. The Morgan fingerprint density at radius 1 is 1.22 bits per heavy atom. The van der Waals surface area contributed by atoms with E-state index in [-0.39, 0.29) is 6.42 Å². The fourth-order valence-electron chi connectivity index (χ4n) is 2.73. The number of hydrogen-bond donors (Lipinski definition) is 1. The topological polar surface area (TPSA) is 40.5 Å². The third kappa shape index (κ3) is 3.57. The van der Waals surface area contributed by atoms with Crippen LogP contribution in [0.25, 0.3) is 0 Å². The molecule has 0 spiro atoms. The summed E-state index contributed by atoms with van der Waals surface area (Å²) in [6.45, 7) is 1.68. The molecule has 1 aliphatic heterocycles. The van der Waals surface area contributed by atoms with E-state index in [1.54, 1.807) is 0 Å². The first-order chi connectivity index (χ1) is 8.77. The van der Waals surface area contributed by atoms with E-state index in [4.69, 9.17) is 5.11 Å². The molecule has 0 aromatic heterocycles. The summed E-state index contributed by atoms with van der Waals surface area (Å²) in [5.74, 6) is -0.703. The molecule has 0 saturated carbocycles. The maximum absolute atomic E-state index is 10.7. The number of carboxylic acid groups (broad SMARTS) is 1. The largest absolute Gasteiger partial charge is 0.481 e. The van der Waals surface area contributed by atoms with Gasteiger partial charge in [0.25, 0.3) is 0 Å². The minimum absolute atomic E-state index is 0.239. The number of rotatable bonds is 4. The summed E-state index contributed by atoms with van der Waals surface area (Å²) in [6, 6.07) is 10.9. The molecule has 1 aliphatic rings. The third-order valence-corrected chi connectivity index (χ3v) is 3.66. The van der Waals surface area contributed by atoms with E-state index in [9.17, 15) is 4.79 Å². The normalized spacial score (nSPS) is 21.4. The zero-order chi connectivity index (χ0) is 12.8. The average Bonchev–Trinajstić information content (AvgIpc) is 2.62. The highest BCUT2D eigenvalue weighted by atomic mass is 16.4. The van der Waals surface area contributed by atoms with Crippen LogP contribution >= 0.6 is 0 Å². The molecule has 0 aliphatic carbocycles. The molecule has 98 valence electrons. The molecule has 3 nitrogen and oxygen atoms in total. The van der Waals surface area contributed by atoms with Gasteiger partial charge in [-0.2, -0.15) is 0 Å². The van der Waals surface area contributed by atoms with Crippen molar-refractivity contribution < 1.29 is 9.90 Å². The molecule has 18 heavy (non-hydrogen) atoms. The molecular formula is C15H21NO2. The van der Waals surface area contributed by atoms with Gasteiger partial charge in [-0.15, -0.1) is 0 Å². The monoisotopic (exact) mass is 247 g/mol. The van der Waals surface area contributed by atoms with Gasteiger partial charge in [0.2, 0.25) is 0 Å². The second-order valence-electron chi connectivity index (χ2n) is 4.96. The molecule has 1 fully saturated rings. The zero-order valence-electron chi connectivity index (χ0n) is 10.7. The fraction of sp³-hybridized carbons (Fsp3) is 0.533. The summed E-state index contributed by atoms with van der Waals surface area (Å²) < 4.78 is 0. The van der Waals surface area contributed by atoms with Crippen LogP contribution in [-0.2, 0) is 4.79 Å². The fourth-order valence-corrected chi connectivity index (χ4v) is 2.73. The predicted molar refractivity (Wildman–Crippen MR) is 71.5 cm³/mol. The van der Waals surface area contributed by atoms with E-state index in [1.165, 1.54) is 24.8 Å². The first-order valence-electron chi connectivity index (χ1n) is 6.78. The van der Waals surface area contributed by atoms with Crippen molar-refractivity contribution in [1.82, 2.24) is 4.90 Å². The van der Waals surface area contributed by atoms with Crippen molar-refractivity contribution in [1.29, 1.82) is 0 Å². The van der Waals surface area contributed by atoms with E-state index in [0.717, 1.165) is 13.0 Å². The first-order valence-corrected chi connectivity index (χ1v) is 6.78. The Morgan fingerprint density at radius 3 is 2.72 bits per heavy atom. The van der Waals surface area contributed by atoms with Crippen LogP contribution < -0.4 is 0 Å². The van der Waals surface area contributed by atoms with Crippen LogP contribution in [0.5, 0.6) is 0 Å². The summed E-state index contributed by atoms with van der Waals surface area (Å²) >= 11 is 0. The lowest BCUT2D eigenvalue weighted by Gasteiger charge is -2.29. The van der Waals surface area contributed by atoms with Crippen LogP contribution in [0.2, 0.25) is 0 Å². The molecule has 1 heterocycles. The summed E-state index contributed by atoms with van der Waals surface area (Å²) in [4.78, 5) is 13.1. The van der Waals surface area contributed by atoms with Crippen LogP contribution in [0.4, 0.5) is 0 Å². The van der Waals surface area contributed by atoms with Crippen molar-refractivity contribution in [3.05, 3.63) is 35.9 Å². The molecule has 3 heteroatoms. The molecule has 1 saturated heterocycles. The van der Waals surface area contributed by atoms with Gasteiger partial charge in [0.05, 0.1) is 6.42 Å². The van der Waals surface area contributed by atoms with Crippen LogP contribution in [0.1, 0.15) is 43.7 Å². The van der Waals surface area contributed by atoms with Gasteiger partial charge in [0, 0.05) is 12.6 Å². The van der Waals surface area contributed by atoms with Crippen molar-refractivity contribution in [3.8, 4) is 0 Å². The lowest BCUT2D eigenvalue weighted by atomic mass is 10.0. The highest BCUT2D eigenvalue weighted by molar-refractivity contribution is 5.66. The second kappa shape index (κ2) is 6.55. The number of carboxylic acids is 1. The summed E-state index contributed by atoms with van der Waals surface area (Å²) in [6.07, 6.45) is 5.06. The van der Waals surface area contributed by atoms with Gasteiger partial charge in [0.1, 0.15) is 0 Å². The lowest BCUT2D eigenvalue weighted by Crippen LogP contribution is -2.30. The third-order valence-electron chi connectivity index (χ3n) is 3.66. The SMILES string of the molecule is O=C(O)CCN1CCCCCC1c1ccccc1. The molecule has 0 bridgehead atoms. The quantitative estimate of drug-likeness (QED) is 0.889. The highest BCUT2D eigenvalue weighted by Gasteiger charge is 2.22. The van der Waals surface area contributed by atoms with Crippen molar-refractivity contribution >= 4 is 5.97 Å². The first kappa shape index (κ1) is 13.1. The van der Waals surface area contributed by atoms with E-state index >= 15 is 0 Å². The van der Waals surface area contributed by atoms with Crippen LogP contribution in [0, 0.1) is 0 Å². The average molecular weight is 247 g/mol. The maximum Gasteiger partial charge on any atom is 0.304 e. The van der Waals surface area contributed by atoms with E-state index in [1.807, 2.05) is 6.07 Å². The molecule has 0 amide bonds. The predicted octanol–water partition coefficient (Wildman–Crippen LogP) is 3.08. The zero-order valence-corrected chi connectivity index (χ0v) is 10.7. The Labute approximate surface area is 108 Å². The van der Waals surface area contributed by atoms with Gasteiger partial charge < -0.3 is 5.11 Å². The van der Waals surface area contributed by atoms with Gasteiger partial charge in [-0.1, -0.05) is 43.2 Å². The molecule has 1 N–H and O–H groups in total.